The molecule has 0 saturated heterocycles. The van der Waals surface area contributed by atoms with Gasteiger partial charge in [0.05, 0.1) is 0 Å². The van der Waals surface area contributed by atoms with E-state index in [0.717, 1.165) is 6.54 Å². The molecule has 5 heteroatoms. The molecular weight excluding hydrogens is 230 g/mol. The highest BCUT2D eigenvalue weighted by atomic mass is 16.2. The van der Waals surface area contributed by atoms with E-state index in [1.807, 2.05) is 6.92 Å². The molecule has 0 saturated carbocycles. The van der Waals surface area contributed by atoms with E-state index in [1.54, 1.807) is 24.3 Å². The minimum absolute atomic E-state index is 0.0454. The smallest absolute Gasteiger partial charge is 0.225 e. The Morgan fingerprint density at radius 1 is 1.17 bits per heavy atom. The molecule has 0 aliphatic heterocycles. The zero-order valence-corrected chi connectivity index (χ0v) is 10.7. The van der Waals surface area contributed by atoms with E-state index in [-0.39, 0.29) is 11.8 Å². The number of anilines is 2. The number of hydrogen-bond donors (Lipinski definition) is 3. The highest BCUT2D eigenvalue weighted by Crippen LogP contribution is 2.15. The predicted molar refractivity (Wildman–Crippen MR) is 72.5 cm³/mol. The lowest BCUT2D eigenvalue weighted by molar-refractivity contribution is -0.116. The van der Waals surface area contributed by atoms with Gasteiger partial charge < -0.3 is 16.0 Å². The van der Waals surface area contributed by atoms with Crippen LogP contribution in [-0.2, 0) is 9.59 Å². The first kappa shape index (κ1) is 14.2. The summed E-state index contributed by atoms with van der Waals surface area (Å²) in [5, 5.41) is 8.54. The van der Waals surface area contributed by atoms with Crippen molar-refractivity contribution in [3.8, 4) is 0 Å². The minimum atomic E-state index is -0.134. The van der Waals surface area contributed by atoms with Gasteiger partial charge in [-0.25, -0.2) is 0 Å². The average molecular weight is 249 g/mol. The normalized spacial score (nSPS) is 9.89. The highest BCUT2D eigenvalue weighted by molar-refractivity contribution is 5.93. The summed E-state index contributed by atoms with van der Waals surface area (Å²) >= 11 is 0. The van der Waals surface area contributed by atoms with Gasteiger partial charge >= 0.3 is 0 Å². The van der Waals surface area contributed by atoms with Crippen LogP contribution in [0.2, 0.25) is 0 Å². The molecule has 3 N–H and O–H groups in total. The molecule has 1 rings (SSSR count). The summed E-state index contributed by atoms with van der Waals surface area (Å²) in [4.78, 5) is 22.5. The molecule has 1 aromatic carbocycles. The highest BCUT2D eigenvalue weighted by Gasteiger charge is 2.03. The number of nitrogens with one attached hydrogen (secondary N) is 3. The largest absolute Gasteiger partial charge is 0.326 e. The van der Waals surface area contributed by atoms with Crippen LogP contribution in [0.1, 0.15) is 20.3 Å². The summed E-state index contributed by atoms with van der Waals surface area (Å²) in [5.41, 5.74) is 1.36. The van der Waals surface area contributed by atoms with Crippen molar-refractivity contribution in [3.63, 3.8) is 0 Å². The number of amides is 2. The third-order valence-corrected chi connectivity index (χ3v) is 2.25. The molecule has 5 nitrogen and oxygen atoms in total. The van der Waals surface area contributed by atoms with Crippen LogP contribution < -0.4 is 16.0 Å². The van der Waals surface area contributed by atoms with E-state index in [4.69, 9.17) is 0 Å². The zero-order chi connectivity index (χ0) is 13.4. The molecular formula is C13H19N3O2. The molecule has 0 spiro atoms. The topological polar surface area (TPSA) is 70.2 Å². The second kappa shape index (κ2) is 7.45. The Kier molecular flexibility index (Phi) is 5.87. The summed E-state index contributed by atoms with van der Waals surface area (Å²) in [6, 6.07) is 7.07. The van der Waals surface area contributed by atoms with E-state index in [9.17, 15) is 9.59 Å². The van der Waals surface area contributed by atoms with Gasteiger partial charge in [0.2, 0.25) is 11.8 Å². The van der Waals surface area contributed by atoms with Crippen LogP contribution in [0.5, 0.6) is 0 Å². The van der Waals surface area contributed by atoms with E-state index in [0.29, 0.717) is 24.3 Å². The van der Waals surface area contributed by atoms with Crippen LogP contribution in [0.4, 0.5) is 11.4 Å². The number of carbonyl (C=O) groups is 2. The van der Waals surface area contributed by atoms with Crippen molar-refractivity contribution in [2.75, 3.05) is 23.7 Å². The molecule has 1 aromatic rings. The Bertz CT molecular complexity index is 418. The molecule has 0 aromatic heterocycles. The molecule has 2 amide bonds. The molecule has 0 radical (unpaired) electrons. The second-order valence-corrected chi connectivity index (χ2v) is 3.91. The Labute approximate surface area is 107 Å². The molecule has 0 unspecified atom stereocenters. The van der Waals surface area contributed by atoms with Crippen LogP contribution in [-0.4, -0.2) is 24.9 Å². The molecule has 0 fully saturated rings. The van der Waals surface area contributed by atoms with Crippen molar-refractivity contribution >= 4 is 23.2 Å². The summed E-state index contributed by atoms with van der Waals surface area (Å²) in [7, 11) is 0. The fraction of sp³-hybridized carbons (Fsp3) is 0.385. The molecule has 18 heavy (non-hydrogen) atoms. The van der Waals surface area contributed by atoms with Crippen LogP contribution >= 0.6 is 0 Å². The third kappa shape index (κ3) is 5.45. The number of hydrogen-bond acceptors (Lipinski definition) is 3. The summed E-state index contributed by atoms with van der Waals surface area (Å²) < 4.78 is 0. The Morgan fingerprint density at radius 2 is 1.83 bits per heavy atom. The van der Waals surface area contributed by atoms with E-state index >= 15 is 0 Å². The van der Waals surface area contributed by atoms with Gasteiger partial charge in [0.15, 0.2) is 0 Å². The van der Waals surface area contributed by atoms with Crippen molar-refractivity contribution in [1.29, 1.82) is 0 Å². The summed E-state index contributed by atoms with van der Waals surface area (Å²) in [6.07, 6.45) is 0.429. The van der Waals surface area contributed by atoms with Gasteiger partial charge in [0, 0.05) is 31.3 Å². The standard InChI is InChI=1S/C13H19N3O2/c1-3-14-8-7-13(18)16-12-6-4-5-11(9-12)15-10(2)17/h4-6,9,14H,3,7-8H2,1-2H3,(H,15,17)(H,16,18). The van der Waals surface area contributed by atoms with Gasteiger partial charge in [-0.1, -0.05) is 13.0 Å². The van der Waals surface area contributed by atoms with Crippen LogP contribution in [0, 0.1) is 0 Å². The molecule has 0 aliphatic rings. The first-order valence-corrected chi connectivity index (χ1v) is 6.00. The van der Waals surface area contributed by atoms with Crippen molar-refractivity contribution in [2.45, 2.75) is 20.3 Å². The van der Waals surface area contributed by atoms with Gasteiger partial charge in [-0.05, 0) is 24.7 Å². The first-order chi connectivity index (χ1) is 8.61. The summed E-state index contributed by atoms with van der Waals surface area (Å²) in [5.74, 6) is -0.179. The van der Waals surface area contributed by atoms with Crippen molar-refractivity contribution in [1.82, 2.24) is 5.32 Å². The lowest BCUT2D eigenvalue weighted by Crippen LogP contribution is -2.21. The van der Waals surface area contributed by atoms with Gasteiger partial charge in [-0.3, -0.25) is 9.59 Å². The van der Waals surface area contributed by atoms with E-state index in [1.165, 1.54) is 6.92 Å². The number of rotatable bonds is 6. The quantitative estimate of drug-likeness (QED) is 0.670. The fourth-order valence-electron chi connectivity index (χ4n) is 1.48. The third-order valence-electron chi connectivity index (χ3n) is 2.25. The predicted octanol–water partition coefficient (Wildman–Crippen LogP) is 1.58. The van der Waals surface area contributed by atoms with Crippen LogP contribution in [0.25, 0.3) is 0 Å². The van der Waals surface area contributed by atoms with Gasteiger partial charge in [-0.15, -0.1) is 0 Å². The molecule has 0 heterocycles. The lowest BCUT2D eigenvalue weighted by Gasteiger charge is -2.08. The first-order valence-electron chi connectivity index (χ1n) is 6.00. The summed E-state index contributed by atoms with van der Waals surface area (Å²) in [6.45, 7) is 4.95. The van der Waals surface area contributed by atoms with E-state index in [2.05, 4.69) is 16.0 Å². The maximum absolute atomic E-state index is 11.6. The van der Waals surface area contributed by atoms with Crippen LogP contribution in [0.15, 0.2) is 24.3 Å². The fourth-order valence-corrected chi connectivity index (χ4v) is 1.48. The van der Waals surface area contributed by atoms with Crippen molar-refractivity contribution in [3.05, 3.63) is 24.3 Å². The second-order valence-electron chi connectivity index (χ2n) is 3.91. The van der Waals surface area contributed by atoms with Crippen molar-refractivity contribution < 1.29 is 9.59 Å². The van der Waals surface area contributed by atoms with Gasteiger partial charge in [0.1, 0.15) is 0 Å². The molecule has 0 bridgehead atoms. The van der Waals surface area contributed by atoms with Gasteiger partial charge in [0.25, 0.3) is 0 Å². The molecule has 0 atom stereocenters. The lowest BCUT2D eigenvalue weighted by atomic mass is 10.2. The van der Waals surface area contributed by atoms with Gasteiger partial charge in [-0.2, -0.15) is 0 Å². The monoisotopic (exact) mass is 249 g/mol. The zero-order valence-electron chi connectivity index (χ0n) is 10.7. The number of carbonyl (C=O) groups excluding carboxylic acids is 2. The SMILES string of the molecule is CCNCCC(=O)Nc1cccc(NC(C)=O)c1. The average Bonchev–Trinajstić information content (AvgIpc) is 2.28. The Morgan fingerprint density at radius 3 is 2.44 bits per heavy atom. The number of benzene rings is 1. The maximum Gasteiger partial charge on any atom is 0.225 e. The minimum Gasteiger partial charge on any atom is -0.326 e. The van der Waals surface area contributed by atoms with Crippen LogP contribution in [0.3, 0.4) is 0 Å². The maximum atomic E-state index is 11.6. The van der Waals surface area contributed by atoms with E-state index < -0.39 is 0 Å². The molecule has 0 aliphatic carbocycles. The molecule has 98 valence electrons. The Hall–Kier alpha value is -1.88. The van der Waals surface area contributed by atoms with Crippen molar-refractivity contribution in [2.24, 2.45) is 0 Å². The Balaban J connectivity index is 2.51.